The van der Waals surface area contributed by atoms with E-state index < -0.39 is 6.10 Å². The molecule has 0 aromatic heterocycles. The molecular weight excluding hydrogens is 673 g/mol. The molecule has 0 aliphatic carbocycles. The van der Waals surface area contributed by atoms with Gasteiger partial charge in [-0.1, -0.05) is 221 Å². The Hall–Kier alpha value is -1.59. The molecule has 0 aromatic carbocycles. The summed E-state index contributed by atoms with van der Waals surface area (Å²) in [6.07, 6.45) is 39.3. The normalized spacial score (nSPS) is 13.1. The van der Waals surface area contributed by atoms with Gasteiger partial charge in [-0.3, -0.25) is 14.4 Å². The van der Waals surface area contributed by atoms with Crippen LogP contribution in [-0.2, 0) is 28.6 Å². The fraction of sp³-hybridized carbons (Fsp3) is 0.938. The molecule has 0 saturated heterocycles. The second-order valence-electron chi connectivity index (χ2n) is 16.9. The van der Waals surface area contributed by atoms with E-state index in [2.05, 4.69) is 34.6 Å². The fourth-order valence-corrected chi connectivity index (χ4v) is 7.04. The maximum absolute atomic E-state index is 12.7. The van der Waals surface area contributed by atoms with Crippen LogP contribution >= 0.6 is 0 Å². The van der Waals surface area contributed by atoms with Crippen LogP contribution in [0.5, 0.6) is 0 Å². The molecule has 6 heteroatoms. The second kappa shape index (κ2) is 41.1. The Kier molecular flexibility index (Phi) is 39.8. The summed E-state index contributed by atoms with van der Waals surface area (Å²) in [4.78, 5) is 37.8. The number of rotatable bonds is 42. The highest BCUT2D eigenvalue weighted by Crippen LogP contribution is 2.17. The van der Waals surface area contributed by atoms with Gasteiger partial charge in [0.1, 0.15) is 13.2 Å². The third-order valence-corrected chi connectivity index (χ3v) is 11.4. The quantitative estimate of drug-likeness (QED) is 0.0350. The van der Waals surface area contributed by atoms with Crippen LogP contribution in [0.4, 0.5) is 0 Å². The molecule has 320 valence electrons. The van der Waals surface area contributed by atoms with Gasteiger partial charge >= 0.3 is 17.9 Å². The maximum atomic E-state index is 12.7. The molecule has 6 nitrogen and oxygen atoms in total. The molecule has 0 bridgehead atoms. The minimum absolute atomic E-state index is 0.0651. The van der Waals surface area contributed by atoms with Gasteiger partial charge in [0.05, 0.1) is 0 Å². The van der Waals surface area contributed by atoms with Gasteiger partial charge < -0.3 is 14.2 Å². The van der Waals surface area contributed by atoms with Gasteiger partial charge in [0.2, 0.25) is 0 Å². The molecule has 0 aliphatic heterocycles. The highest BCUT2D eigenvalue weighted by molar-refractivity contribution is 5.71. The zero-order valence-corrected chi connectivity index (χ0v) is 36.8. The van der Waals surface area contributed by atoms with Crippen molar-refractivity contribution in [2.45, 2.75) is 265 Å². The number of hydrogen-bond acceptors (Lipinski definition) is 6. The Morgan fingerprint density at radius 2 is 0.648 bits per heavy atom. The predicted molar refractivity (Wildman–Crippen MR) is 229 cm³/mol. The monoisotopic (exact) mass is 765 g/mol. The van der Waals surface area contributed by atoms with Gasteiger partial charge in [-0.05, 0) is 31.1 Å². The zero-order chi connectivity index (χ0) is 39.7. The maximum Gasteiger partial charge on any atom is 0.306 e. The van der Waals surface area contributed by atoms with Crippen molar-refractivity contribution >= 4 is 17.9 Å². The Morgan fingerprint density at radius 3 is 0.963 bits per heavy atom. The Labute approximate surface area is 336 Å². The Morgan fingerprint density at radius 1 is 0.370 bits per heavy atom. The van der Waals surface area contributed by atoms with E-state index in [1.165, 1.54) is 148 Å². The summed E-state index contributed by atoms with van der Waals surface area (Å²) < 4.78 is 16.7. The van der Waals surface area contributed by atoms with Crippen molar-refractivity contribution in [3.8, 4) is 0 Å². The van der Waals surface area contributed by atoms with Crippen LogP contribution < -0.4 is 0 Å². The standard InChI is InChI=1S/C48H92O6/c1-6-9-10-11-12-13-14-15-19-22-28-33-38-46(49)52-41-45(42-53-47(50)39-34-29-25-24-27-32-37-44(5)8-3)54-48(51)40-35-30-23-20-17-16-18-21-26-31-36-43(4)7-2/h43-45H,6-42H2,1-5H3/t43?,44?,45-/m1/s1. The lowest BCUT2D eigenvalue weighted by atomic mass is 9.99. The first-order valence-corrected chi connectivity index (χ1v) is 23.8. The van der Waals surface area contributed by atoms with Crippen LogP contribution in [-0.4, -0.2) is 37.2 Å². The molecule has 2 unspecified atom stereocenters. The van der Waals surface area contributed by atoms with E-state index in [1.807, 2.05) is 0 Å². The van der Waals surface area contributed by atoms with E-state index in [0.717, 1.165) is 69.6 Å². The summed E-state index contributed by atoms with van der Waals surface area (Å²) in [5.41, 5.74) is 0. The summed E-state index contributed by atoms with van der Waals surface area (Å²) in [6.45, 7) is 11.3. The van der Waals surface area contributed by atoms with Gasteiger partial charge in [-0.2, -0.15) is 0 Å². The number of carbonyl (C=O) groups excluding carboxylic acids is 3. The molecule has 0 heterocycles. The molecule has 0 amide bonds. The molecule has 3 atom stereocenters. The molecule has 0 fully saturated rings. The van der Waals surface area contributed by atoms with Crippen molar-refractivity contribution in [2.24, 2.45) is 11.8 Å². The minimum atomic E-state index is -0.761. The van der Waals surface area contributed by atoms with E-state index >= 15 is 0 Å². The van der Waals surface area contributed by atoms with Gasteiger partial charge in [0, 0.05) is 19.3 Å². The van der Waals surface area contributed by atoms with Crippen LogP contribution in [0, 0.1) is 11.8 Å². The van der Waals surface area contributed by atoms with Gasteiger partial charge in [0.15, 0.2) is 6.10 Å². The van der Waals surface area contributed by atoms with Crippen LogP contribution in [0.1, 0.15) is 259 Å². The lowest BCUT2D eigenvalue weighted by molar-refractivity contribution is -0.167. The lowest BCUT2D eigenvalue weighted by Gasteiger charge is -2.18. The average Bonchev–Trinajstić information content (AvgIpc) is 3.17. The van der Waals surface area contributed by atoms with Gasteiger partial charge in [-0.25, -0.2) is 0 Å². The second-order valence-corrected chi connectivity index (χ2v) is 16.9. The molecule has 0 aromatic rings. The molecule has 54 heavy (non-hydrogen) atoms. The number of ether oxygens (including phenoxy) is 3. The van der Waals surface area contributed by atoms with Crippen molar-refractivity contribution in [1.29, 1.82) is 0 Å². The average molecular weight is 765 g/mol. The van der Waals surface area contributed by atoms with Crippen LogP contribution in [0.15, 0.2) is 0 Å². The Balaban J connectivity index is 4.35. The SMILES string of the molecule is CCCCCCCCCCCCCCC(=O)OC[C@H](COC(=O)CCCCCCCCC(C)CC)OC(=O)CCCCCCCCCCCCC(C)CC. The van der Waals surface area contributed by atoms with Crippen molar-refractivity contribution in [1.82, 2.24) is 0 Å². The molecule has 0 rings (SSSR count). The fourth-order valence-electron chi connectivity index (χ4n) is 7.04. The molecule has 0 spiro atoms. The Bertz CT molecular complexity index is 828. The predicted octanol–water partition coefficient (Wildman–Crippen LogP) is 15.0. The third kappa shape index (κ3) is 38.7. The highest BCUT2D eigenvalue weighted by Gasteiger charge is 2.19. The number of esters is 3. The number of unbranched alkanes of at least 4 members (excludes halogenated alkanes) is 25. The highest BCUT2D eigenvalue weighted by atomic mass is 16.6. The first-order chi connectivity index (χ1) is 26.3. The summed E-state index contributed by atoms with van der Waals surface area (Å²) in [7, 11) is 0. The van der Waals surface area contributed by atoms with Crippen molar-refractivity contribution in [3.63, 3.8) is 0 Å². The summed E-state index contributed by atoms with van der Waals surface area (Å²) in [6, 6.07) is 0. The van der Waals surface area contributed by atoms with E-state index in [1.54, 1.807) is 0 Å². The van der Waals surface area contributed by atoms with Crippen LogP contribution in [0.2, 0.25) is 0 Å². The lowest BCUT2D eigenvalue weighted by Crippen LogP contribution is -2.30. The van der Waals surface area contributed by atoms with Crippen LogP contribution in [0.3, 0.4) is 0 Å². The van der Waals surface area contributed by atoms with Crippen molar-refractivity contribution < 1.29 is 28.6 Å². The largest absolute Gasteiger partial charge is 0.462 e. The summed E-state index contributed by atoms with van der Waals surface area (Å²) in [5.74, 6) is 0.824. The molecule has 0 radical (unpaired) electrons. The first-order valence-electron chi connectivity index (χ1n) is 23.8. The molecule has 0 saturated carbocycles. The van der Waals surface area contributed by atoms with Crippen molar-refractivity contribution in [3.05, 3.63) is 0 Å². The number of carbonyl (C=O) groups is 3. The van der Waals surface area contributed by atoms with E-state index in [9.17, 15) is 14.4 Å². The van der Waals surface area contributed by atoms with Crippen LogP contribution in [0.25, 0.3) is 0 Å². The van der Waals surface area contributed by atoms with E-state index in [0.29, 0.717) is 19.3 Å². The molecule has 0 aliphatic rings. The van der Waals surface area contributed by atoms with Gasteiger partial charge in [-0.15, -0.1) is 0 Å². The topological polar surface area (TPSA) is 78.9 Å². The summed E-state index contributed by atoms with van der Waals surface area (Å²) in [5, 5.41) is 0. The molecule has 0 N–H and O–H groups in total. The van der Waals surface area contributed by atoms with E-state index in [-0.39, 0.29) is 31.1 Å². The van der Waals surface area contributed by atoms with Gasteiger partial charge in [0.25, 0.3) is 0 Å². The minimum Gasteiger partial charge on any atom is -0.462 e. The first kappa shape index (κ1) is 52.4. The zero-order valence-electron chi connectivity index (χ0n) is 36.8. The van der Waals surface area contributed by atoms with Crippen molar-refractivity contribution in [2.75, 3.05) is 13.2 Å². The molecular formula is C48H92O6. The number of hydrogen-bond donors (Lipinski definition) is 0. The van der Waals surface area contributed by atoms with E-state index in [4.69, 9.17) is 14.2 Å². The third-order valence-electron chi connectivity index (χ3n) is 11.4. The summed E-state index contributed by atoms with van der Waals surface area (Å²) >= 11 is 0. The smallest absolute Gasteiger partial charge is 0.306 e.